The number of ether oxygens (including phenoxy) is 3. The lowest BCUT2D eigenvalue weighted by Gasteiger charge is -2.55. The first kappa shape index (κ1) is 23.4. The minimum Gasteiger partial charge on any atom is -0.494 e. The van der Waals surface area contributed by atoms with Crippen molar-refractivity contribution in [3.05, 3.63) is 24.3 Å². The Labute approximate surface area is 194 Å². The van der Waals surface area contributed by atoms with Crippen molar-refractivity contribution in [3.63, 3.8) is 0 Å². The standard InChI is InChI=1S/C25H34N2O6/c1-2-31-20-3-5-21(6-4-20)32-8-7-26-22(28)16-33-23(29)15-27-24(30)25-12-17-9-18(13-25)11-19(10-17)14-25/h3-6,17-19H,2,7-16H2,1H3,(H,26,28)(H,27,30). The Morgan fingerprint density at radius 3 is 2.06 bits per heavy atom. The van der Waals surface area contributed by atoms with Crippen LogP contribution < -0.4 is 20.1 Å². The zero-order chi connectivity index (χ0) is 23.3. The number of esters is 1. The van der Waals surface area contributed by atoms with Gasteiger partial charge in [-0.1, -0.05) is 0 Å². The van der Waals surface area contributed by atoms with Crippen LogP contribution in [-0.2, 0) is 19.1 Å². The second kappa shape index (κ2) is 10.4. The van der Waals surface area contributed by atoms with E-state index in [0.29, 0.717) is 30.1 Å². The summed E-state index contributed by atoms with van der Waals surface area (Å²) in [6.07, 6.45) is 6.61. The molecule has 4 bridgehead atoms. The molecule has 0 atom stereocenters. The Bertz CT molecular complexity index is 818. The number of nitrogens with one attached hydrogen (secondary N) is 2. The van der Waals surface area contributed by atoms with Gasteiger partial charge < -0.3 is 24.8 Å². The third kappa shape index (κ3) is 5.97. The summed E-state index contributed by atoms with van der Waals surface area (Å²) in [4.78, 5) is 36.8. The summed E-state index contributed by atoms with van der Waals surface area (Å²) < 4.78 is 15.9. The molecule has 0 unspecified atom stereocenters. The van der Waals surface area contributed by atoms with E-state index in [2.05, 4.69) is 10.6 Å². The zero-order valence-electron chi connectivity index (χ0n) is 19.3. The topological polar surface area (TPSA) is 103 Å². The SMILES string of the molecule is CCOc1ccc(OCCNC(=O)COC(=O)CNC(=O)C23CC4CC(CC(C4)C2)C3)cc1. The van der Waals surface area contributed by atoms with Crippen LogP contribution in [0.25, 0.3) is 0 Å². The molecule has 4 fully saturated rings. The van der Waals surface area contributed by atoms with Crippen LogP contribution in [0.5, 0.6) is 11.5 Å². The van der Waals surface area contributed by atoms with E-state index in [9.17, 15) is 14.4 Å². The van der Waals surface area contributed by atoms with E-state index in [1.54, 1.807) is 12.1 Å². The van der Waals surface area contributed by atoms with Crippen LogP contribution in [0.1, 0.15) is 45.4 Å². The van der Waals surface area contributed by atoms with Crippen LogP contribution in [0, 0.1) is 23.2 Å². The average Bonchev–Trinajstić information content (AvgIpc) is 2.79. The van der Waals surface area contributed by atoms with E-state index in [4.69, 9.17) is 14.2 Å². The largest absolute Gasteiger partial charge is 0.494 e. The molecule has 33 heavy (non-hydrogen) atoms. The highest BCUT2D eigenvalue weighted by Gasteiger charge is 2.54. The smallest absolute Gasteiger partial charge is 0.325 e. The highest BCUT2D eigenvalue weighted by molar-refractivity contribution is 5.87. The van der Waals surface area contributed by atoms with Crippen molar-refractivity contribution in [3.8, 4) is 11.5 Å². The van der Waals surface area contributed by atoms with Crippen molar-refractivity contribution in [1.82, 2.24) is 10.6 Å². The molecule has 1 aromatic rings. The summed E-state index contributed by atoms with van der Waals surface area (Å²) >= 11 is 0. The molecule has 8 heteroatoms. The second-order valence-corrected chi connectivity index (χ2v) is 9.64. The molecule has 4 aliphatic carbocycles. The molecule has 8 nitrogen and oxygen atoms in total. The van der Waals surface area contributed by atoms with Gasteiger partial charge in [-0.25, -0.2) is 0 Å². The zero-order valence-corrected chi connectivity index (χ0v) is 19.3. The Balaban J connectivity index is 1.08. The fourth-order valence-corrected chi connectivity index (χ4v) is 6.13. The van der Waals surface area contributed by atoms with Crippen molar-refractivity contribution in [1.29, 1.82) is 0 Å². The molecule has 2 amide bonds. The Morgan fingerprint density at radius 1 is 0.909 bits per heavy atom. The van der Waals surface area contributed by atoms with E-state index < -0.39 is 11.9 Å². The molecule has 0 aromatic heterocycles. The first-order valence-electron chi connectivity index (χ1n) is 12.0. The van der Waals surface area contributed by atoms with Crippen molar-refractivity contribution in [2.45, 2.75) is 45.4 Å². The summed E-state index contributed by atoms with van der Waals surface area (Å²) in [6.45, 7) is 2.51. The first-order chi connectivity index (χ1) is 16.0. The van der Waals surface area contributed by atoms with Crippen LogP contribution >= 0.6 is 0 Å². The lowest BCUT2D eigenvalue weighted by molar-refractivity contribution is -0.152. The monoisotopic (exact) mass is 458 g/mol. The molecule has 4 aliphatic rings. The van der Waals surface area contributed by atoms with Crippen LogP contribution in [-0.4, -0.2) is 50.7 Å². The summed E-state index contributed by atoms with van der Waals surface area (Å²) in [6, 6.07) is 7.23. The second-order valence-electron chi connectivity index (χ2n) is 9.64. The summed E-state index contributed by atoms with van der Waals surface area (Å²) in [5.74, 6) is 2.40. The van der Waals surface area contributed by atoms with Crippen molar-refractivity contribution in [2.75, 3.05) is 32.9 Å². The summed E-state index contributed by atoms with van der Waals surface area (Å²) in [7, 11) is 0. The molecule has 0 radical (unpaired) electrons. The number of carbonyl (C=O) groups excluding carboxylic acids is 3. The molecule has 0 saturated heterocycles. The highest BCUT2D eigenvalue weighted by atomic mass is 16.5. The molecule has 1 aromatic carbocycles. The predicted octanol–water partition coefficient (Wildman–Crippen LogP) is 2.46. The van der Waals surface area contributed by atoms with Gasteiger partial charge in [0.25, 0.3) is 5.91 Å². The lowest BCUT2D eigenvalue weighted by Crippen LogP contribution is -2.54. The maximum Gasteiger partial charge on any atom is 0.325 e. The number of hydrogen-bond donors (Lipinski definition) is 2. The minimum atomic E-state index is -0.603. The van der Waals surface area contributed by atoms with E-state index >= 15 is 0 Å². The number of rotatable bonds is 11. The molecule has 0 heterocycles. The highest BCUT2D eigenvalue weighted by Crippen LogP contribution is 2.60. The van der Waals surface area contributed by atoms with Crippen LogP contribution in [0.3, 0.4) is 0 Å². The number of hydrogen-bond acceptors (Lipinski definition) is 6. The van der Waals surface area contributed by atoms with Gasteiger partial charge in [0.05, 0.1) is 13.2 Å². The van der Waals surface area contributed by atoms with Gasteiger partial charge in [-0.15, -0.1) is 0 Å². The number of amides is 2. The molecular formula is C25H34N2O6. The van der Waals surface area contributed by atoms with Gasteiger partial charge in [0, 0.05) is 5.41 Å². The Hall–Kier alpha value is -2.77. The normalized spacial score (nSPS) is 27.0. The third-order valence-corrected chi connectivity index (χ3v) is 7.11. The molecule has 4 saturated carbocycles. The van der Waals surface area contributed by atoms with Gasteiger partial charge in [0.15, 0.2) is 6.61 Å². The fraction of sp³-hybridized carbons (Fsp3) is 0.640. The molecular weight excluding hydrogens is 424 g/mol. The van der Waals surface area contributed by atoms with E-state index in [0.717, 1.165) is 25.0 Å². The lowest BCUT2D eigenvalue weighted by atomic mass is 9.49. The molecule has 2 N–H and O–H groups in total. The molecule has 180 valence electrons. The van der Waals surface area contributed by atoms with E-state index in [1.807, 2.05) is 19.1 Å². The van der Waals surface area contributed by atoms with Gasteiger partial charge in [-0.2, -0.15) is 0 Å². The van der Waals surface area contributed by atoms with Crippen molar-refractivity contribution < 1.29 is 28.6 Å². The maximum atomic E-state index is 12.9. The number of benzene rings is 1. The fourth-order valence-electron chi connectivity index (χ4n) is 6.13. The number of carbonyl (C=O) groups is 3. The van der Waals surface area contributed by atoms with E-state index in [1.165, 1.54) is 19.3 Å². The van der Waals surface area contributed by atoms with Gasteiger partial charge >= 0.3 is 5.97 Å². The predicted molar refractivity (Wildman–Crippen MR) is 121 cm³/mol. The van der Waals surface area contributed by atoms with Crippen molar-refractivity contribution >= 4 is 17.8 Å². The van der Waals surface area contributed by atoms with Crippen LogP contribution in [0.4, 0.5) is 0 Å². The first-order valence-corrected chi connectivity index (χ1v) is 12.0. The Morgan fingerprint density at radius 2 is 1.48 bits per heavy atom. The molecule has 0 aliphatic heterocycles. The Kier molecular flexibility index (Phi) is 7.40. The third-order valence-electron chi connectivity index (χ3n) is 7.11. The summed E-state index contributed by atoms with van der Waals surface area (Å²) in [5, 5.41) is 5.41. The quantitative estimate of drug-likeness (QED) is 0.390. The average molecular weight is 459 g/mol. The van der Waals surface area contributed by atoms with Crippen LogP contribution in [0.15, 0.2) is 24.3 Å². The maximum absolute atomic E-state index is 12.9. The van der Waals surface area contributed by atoms with E-state index in [-0.39, 0.29) is 37.6 Å². The van der Waals surface area contributed by atoms with Gasteiger partial charge in [-0.05, 0) is 87.5 Å². The van der Waals surface area contributed by atoms with Crippen LogP contribution in [0.2, 0.25) is 0 Å². The molecule has 0 spiro atoms. The summed E-state index contributed by atoms with van der Waals surface area (Å²) in [5.41, 5.74) is -0.296. The van der Waals surface area contributed by atoms with Gasteiger partial charge in [-0.3, -0.25) is 14.4 Å². The molecule has 5 rings (SSSR count). The van der Waals surface area contributed by atoms with Gasteiger partial charge in [0.1, 0.15) is 24.7 Å². The minimum absolute atomic E-state index is 0.0190. The van der Waals surface area contributed by atoms with Gasteiger partial charge in [0.2, 0.25) is 5.91 Å². The van der Waals surface area contributed by atoms with Crippen molar-refractivity contribution in [2.24, 2.45) is 23.2 Å².